The van der Waals surface area contributed by atoms with Crippen molar-refractivity contribution < 1.29 is 4.79 Å². The Morgan fingerprint density at radius 3 is 2.48 bits per heavy atom. The van der Waals surface area contributed by atoms with Gasteiger partial charge in [-0.15, -0.1) is 0 Å². The first-order chi connectivity index (χ1) is 11.1. The summed E-state index contributed by atoms with van der Waals surface area (Å²) in [6.45, 7) is 2.11. The molecule has 1 fully saturated rings. The Morgan fingerprint density at radius 1 is 1.17 bits per heavy atom. The van der Waals surface area contributed by atoms with E-state index in [0.717, 1.165) is 18.8 Å². The Kier molecular flexibility index (Phi) is 5.16. The van der Waals surface area contributed by atoms with E-state index in [-0.39, 0.29) is 16.2 Å². The third-order valence-corrected chi connectivity index (χ3v) is 4.35. The van der Waals surface area contributed by atoms with Gasteiger partial charge < -0.3 is 10.6 Å². The zero-order valence-electron chi connectivity index (χ0n) is 12.5. The Morgan fingerprint density at radius 2 is 1.87 bits per heavy atom. The van der Waals surface area contributed by atoms with Gasteiger partial charge in [-0.05, 0) is 55.1 Å². The minimum atomic E-state index is -0.261. The van der Waals surface area contributed by atoms with Crippen LogP contribution in [0.5, 0.6) is 0 Å². The fourth-order valence-electron chi connectivity index (χ4n) is 2.77. The van der Waals surface area contributed by atoms with Gasteiger partial charge in [0.2, 0.25) is 0 Å². The monoisotopic (exact) mass is 349 g/mol. The zero-order chi connectivity index (χ0) is 16.2. The molecule has 1 aromatic heterocycles. The Bertz CT molecular complexity index is 677. The van der Waals surface area contributed by atoms with Crippen molar-refractivity contribution in [3.63, 3.8) is 0 Å². The molecule has 1 amide bonds. The third kappa shape index (κ3) is 4.22. The Balaban J connectivity index is 1.68. The van der Waals surface area contributed by atoms with Crippen molar-refractivity contribution in [1.29, 1.82) is 0 Å². The minimum absolute atomic E-state index is 0.197. The number of carbonyl (C=O) groups is 1. The van der Waals surface area contributed by atoms with Crippen molar-refractivity contribution in [3.8, 4) is 0 Å². The predicted molar refractivity (Wildman–Crippen MR) is 93.5 cm³/mol. The summed E-state index contributed by atoms with van der Waals surface area (Å²) in [4.78, 5) is 16.1. The van der Waals surface area contributed by atoms with E-state index in [9.17, 15) is 4.79 Å². The largest absolute Gasteiger partial charge is 0.322 e. The number of hydrogen-bond donors (Lipinski definition) is 2. The first-order valence-electron chi connectivity index (χ1n) is 7.57. The molecule has 1 aliphatic rings. The van der Waals surface area contributed by atoms with Gasteiger partial charge in [0.1, 0.15) is 10.3 Å². The van der Waals surface area contributed by atoms with Gasteiger partial charge >= 0.3 is 0 Å². The molecular formula is C17H17Cl2N3O. The lowest BCUT2D eigenvalue weighted by Crippen LogP contribution is -2.28. The van der Waals surface area contributed by atoms with E-state index >= 15 is 0 Å². The highest BCUT2D eigenvalue weighted by Crippen LogP contribution is 2.24. The number of aromatic nitrogens is 1. The van der Waals surface area contributed by atoms with Crippen LogP contribution in [0.4, 0.5) is 5.69 Å². The lowest BCUT2D eigenvalue weighted by atomic mass is 9.91. The second-order valence-corrected chi connectivity index (χ2v) is 6.40. The summed E-state index contributed by atoms with van der Waals surface area (Å²) in [5, 5.41) is 6.65. The molecule has 23 heavy (non-hydrogen) atoms. The molecule has 1 saturated heterocycles. The molecular weight excluding hydrogens is 333 g/mol. The van der Waals surface area contributed by atoms with Crippen molar-refractivity contribution in [2.24, 2.45) is 0 Å². The number of amides is 1. The number of piperidine rings is 1. The standard InChI is InChI=1S/C17H17Cl2N3O/c18-15-8-13(9-16(19)22-15)17(23)21-14-5-3-11(4-6-14)12-2-1-7-20-10-12/h3-6,8-9,12,20H,1-2,7,10H2,(H,21,23)/t12-/m1/s1. The maximum atomic E-state index is 12.2. The highest BCUT2D eigenvalue weighted by Gasteiger charge is 2.15. The summed E-state index contributed by atoms with van der Waals surface area (Å²) in [6, 6.07) is 11.0. The Hall–Kier alpha value is -1.62. The SMILES string of the molecule is O=C(Nc1ccc([C@@H]2CCCNC2)cc1)c1cc(Cl)nc(Cl)c1. The molecule has 2 N–H and O–H groups in total. The second kappa shape index (κ2) is 7.30. The summed E-state index contributed by atoms with van der Waals surface area (Å²) in [7, 11) is 0. The minimum Gasteiger partial charge on any atom is -0.322 e. The molecule has 4 nitrogen and oxygen atoms in total. The van der Waals surface area contributed by atoms with Gasteiger partial charge in [0.15, 0.2) is 0 Å². The normalized spacial score (nSPS) is 17.7. The van der Waals surface area contributed by atoms with Crippen LogP contribution in [0.1, 0.15) is 34.7 Å². The van der Waals surface area contributed by atoms with E-state index in [1.54, 1.807) is 0 Å². The van der Waals surface area contributed by atoms with E-state index in [4.69, 9.17) is 23.2 Å². The number of carbonyl (C=O) groups excluding carboxylic acids is 1. The molecule has 1 aliphatic heterocycles. The van der Waals surface area contributed by atoms with Crippen molar-refractivity contribution in [1.82, 2.24) is 10.3 Å². The van der Waals surface area contributed by atoms with Crippen LogP contribution in [-0.2, 0) is 0 Å². The quantitative estimate of drug-likeness (QED) is 0.820. The summed E-state index contributed by atoms with van der Waals surface area (Å²) < 4.78 is 0. The van der Waals surface area contributed by atoms with Crippen LogP contribution in [0.3, 0.4) is 0 Å². The van der Waals surface area contributed by atoms with Gasteiger partial charge in [-0.3, -0.25) is 4.79 Å². The molecule has 0 aliphatic carbocycles. The molecule has 1 atom stereocenters. The maximum Gasteiger partial charge on any atom is 0.255 e. The number of nitrogens with one attached hydrogen (secondary N) is 2. The highest BCUT2D eigenvalue weighted by molar-refractivity contribution is 6.33. The van der Waals surface area contributed by atoms with Crippen molar-refractivity contribution in [2.75, 3.05) is 18.4 Å². The zero-order valence-corrected chi connectivity index (χ0v) is 14.0. The molecule has 1 aromatic carbocycles. The topological polar surface area (TPSA) is 54.0 Å². The molecule has 0 unspecified atom stereocenters. The number of hydrogen-bond acceptors (Lipinski definition) is 3. The molecule has 120 valence electrons. The van der Waals surface area contributed by atoms with Gasteiger partial charge in [0.25, 0.3) is 5.91 Å². The average Bonchev–Trinajstić information content (AvgIpc) is 2.55. The number of pyridine rings is 1. The maximum absolute atomic E-state index is 12.2. The number of halogens is 2. The van der Waals surface area contributed by atoms with E-state index in [1.165, 1.54) is 30.5 Å². The summed E-state index contributed by atoms with van der Waals surface area (Å²) in [5.74, 6) is 0.287. The molecule has 0 bridgehead atoms. The Labute approximate surface area is 145 Å². The second-order valence-electron chi connectivity index (χ2n) is 5.62. The van der Waals surface area contributed by atoms with Crippen LogP contribution in [0.25, 0.3) is 0 Å². The summed E-state index contributed by atoms with van der Waals surface area (Å²) in [6.07, 6.45) is 2.40. The van der Waals surface area contributed by atoms with Crippen molar-refractivity contribution in [2.45, 2.75) is 18.8 Å². The van der Waals surface area contributed by atoms with Crippen molar-refractivity contribution >= 4 is 34.8 Å². The van der Waals surface area contributed by atoms with E-state index in [1.807, 2.05) is 12.1 Å². The number of anilines is 1. The fourth-order valence-corrected chi connectivity index (χ4v) is 3.23. The lowest BCUT2D eigenvalue weighted by Gasteiger charge is -2.23. The molecule has 0 spiro atoms. The number of benzene rings is 1. The van der Waals surface area contributed by atoms with Crippen LogP contribution in [0.2, 0.25) is 10.3 Å². The van der Waals surface area contributed by atoms with E-state index in [2.05, 4.69) is 27.8 Å². The predicted octanol–water partition coefficient (Wildman–Crippen LogP) is 4.11. The highest BCUT2D eigenvalue weighted by atomic mass is 35.5. The molecule has 6 heteroatoms. The van der Waals surface area contributed by atoms with Gasteiger partial charge in [-0.1, -0.05) is 35.3 Å². The summed E-state index contributed by atoms with van der Waals surface area (Å²) in [5.41, 5.74) is 2.42. The smallest absolute Gasteiger partial charge is 0.255 e. The molecule has 2 heterocycles. The van der Waals surface area contributed by atoms with Crippen LogP contribution in [0.15, 0.2) is 36.4 Å². The van der Waals surface area contributed by atoms with Crippen LogP contribution < -0.4 is 10.6 Å². The lowest BCUT2D eigenvalue weighted by molar-refractivity contribution is 0.102. The van der Waals surface area contributed by atoms with Crippen LogP contribution >= 0.6 is 23.2 Å². The van der Waals surface area contributed by atoms with Gasteiger partial charge in [-0.2, -0.15) is 0 Å². The van der Waals surface area contributed by atoms with Crippen LogP contribution in [-0.4, -0.2) is 24.0 Å². The molecule has 2 aromatic rings. The van der Waals surface area contributed by atoms with Crippen LogP contribution in [0, 0.1) is 0 Å². The number of nitrogens with zero attached hydrogens (tertiary/aromatic N) is 1. The first-order valence-corrected chi connectivity index (χ1v) is 8.32. The molecule has 0 radical (unpaired) electrons. The fraction of sp³-hybridized carbons (Fsp3) is 0.294. The van der Waals surface area contributed by atoms with E-state index in [0.29, 0.717) is 11.5 Å². The van der Waals surface area contributed by atoms with Gasteiger partial charge in [0, 0.05) is 17.8 Å². The molecule has 3 rings (SSSR count). The summed E-state index contributed by atoms with van der Waals surface area (Å²) >= 11 is 11.6. The number of rotatable bonds is 3. The van der Waals surface area contributed by atoms with Gasteiger partial charge in [-0.25, -0.2) is 4.98 Å². The van der Waals surface area contributed by atoms with E-state index < -0.39 is 0 Å². The first kappa shape index (κ1) is 16.2. The molecule has 0 saturated carbocycles. The third-order valence-electron chi connectivity index (χ3n) is 3.96. The average molecular weight is 350 g/mol. The van der Waals surface area contributed by atoms with Crippen molar-refractivity contribution in [3.05, 3.63) is 57.8 Å². The van der Waals surface area contributed by atoms with Gasteiger partial charge in [0.05, 0.1) is 0 Å².